The maximum atomic E-state index is 15.4. The molecule has 234 valence electrons. The molecule has 9 heteroatoms. The smallest absolute Gasteiger partial charge is 0.307 e. The third-order valence-electron chi connectivity index (χ3n) is 9.64. The lowest BCUT2D eigenvalue weighted by Crippen LogP contribution is -2.45. The molecule has 0 spiro atoms. The Labute approximate surface area is 258 Å². The molecule has 2 aliphatic carbocycles. The van der Waals surface area contributed by atoms with Crippen molar-refractivity contribution in [1.82, 2.24) is 20.0 Å². The number of hydrogen-bond acceptors (Lipinski definition) is 5. The van der Waals surface area contributed by atoms with Crippen LogP contribution in [0.3, 0.4) is 0 Å². The molecule has 8 nitrogen and oxygen atoms in total. The Kier molecular flexibility index (Phi) is 8.26. The number of ether oxygens (including phenoxy) is 1. The second-order valence-electron chi connectivity index (χ2n) is 13.8. The second-order valence-corrected chi connectivity index (χ2v) is 13.8. The number of benzene rings is 2. The van der Waals surface area contributed by atoms with Crippen LogP contribution in [0.4, 0.5) is 4.39 Å². The van der Waals surface area contributed by atoms with E-state index in [1.807, 2.05) is 31.3 Å². The van der Waals surface area contributed by atoms with Crippen LogP contribution in [0, 0.1) is 11.2 Å². The van der Waals surface area contributed by atoms with Crippen LogP contribution in [-0.2, 0) is 23.1 Å². The number of nitrogens with zero attached hydrogens (tertiary/aromatic N) is 3. The van der Waals surface area contributed by atoms with Crippen LogP contribution in [0.25, 0.3) is 22.4 Å². The highest BCUT2D eigenvalue weighted by Gasteiger charge is 2.40. The minimum absolute atomic E-state index is 0.0409. The van der Waals surface area contributed by atoms with Gasteiger partial charge in [0.05, 0.1) is 18.2 Å². The molecule has 6 rings (SSSR count). The van der Waals surface area contributed by atoms with Crippen molar-refractivity contribution >= 4 is 11.9 Å². The van der Waals surface area contributed by atoms with E-state index in [0.717, 1.165) is 61.8 Å². The fourth-order valence-electron chi connectivity index (χ4n) is 7.42. The van der Waals surface area contributed by atoms with Crippen molar-refractivity contribution in [2.75, 3.05) is 13.6 Å². The number of aromatic nitrogens is 2. The number of aryl methyl sites for hydroxylation is 1. The summed E-state index contributed by atoms with van der Waals surface area (Å²) < 4.78 is 23.7. The van der Waals surface area contributed by atoms with Gasteiger partial charge in [0.2, 0.25) is 5.91 Å². The highest BCUT2D eigenvalue weighted by molar-refractivity contribution is 5.83. The second kappa shape index (κ2) is 12.0. The van der Waals surface area contributed by atoms with Gasteiger partial charge in [-0.25, -0.2) is 4.39 Å². The molecule has 44 heavy (non-hydrogen) atoms. The molecule has 3 fully saturated rings. The number of likely N-dealkylation sites (tertiary alicyclic amines) is 1. The fraction of sp³-hybridized carbons (Fsp3) is 0.514. The Hall–Kier alpha value is -3.72. The van der Waals surface area contributed by atoms with Crippen molar-refractivity contribution in [3.05, 3.63) is 59.5 Å². The predicted octanol–water partition coefficient (Wildman–Crippen LogP) is 5.93. The summed E-state index contributed by atoms with van der Waals surface area (Å²) in [6.07, 6.45) is 7.66. The molecule has 1 aliphatic heterocycles. The van der Waals surface area contributed by atoms with Gasteiger partial charge in [-0.1, -0.05) is 32.4 Å². The Bertz CT molecular complexity index is 1560. The zero-order valence-electron chi connectivity index (χ0n) is 26.1. The highest BCUT2D eigenvalue weighted by atomic mass is 19.1. The van der Waals surface area contributed by atoms with Gasteiger partial charge in [-0.15, -0.1) is 0 Å². The highest BCUT2D eigenvalue weighted by Crippen LogP contribution is 2.46. The molecule has 3 atom stereocenters. The van der Waals surface area contributed by atoms with Gasteiger partial charge in [0.15, 0.2) is 0 Å². The van der Waals surface area contributed by atoms with E-state index in [0.29, 0.717) is 29.0 Å². The molecule has 2 N–H and O–H groups in total. The predicted molar refractivity (Wildman–Crippen MR) is 167 cm³/mol. The third kappa shape index (κ3) is 6.25. The van der Waals surface area contributed by atoms with Crippen molar-refractivity contribution in [3.8, 4) is 28.1 Å². The molecule has 3 aliphatic rings. The molecule has 1 aromatic heterocycles. The number of hydrogen-bond donors (Lipinski definition) is 2. The number of carbonyl (C=O) groups is 2. The zero-order valence-corrected chi connectivity index (χ0v) is 26.1. The third-order valence-corrected chi connectivity index (χ3v) is 9.64. The van der Waals surface area contributed by atoms with Gasteiger partial charge in [0, 0.05) is 48.9 Å². The number of carboxylic acids is 1. The summed E-state index contributed by atoms with van der Waals surface area (Å²) in [5.41, 5.74) is 4.38. The monoisotopic (exact) mass is 602 g/mol. The normalized spacial score (nSPS) is 23.4. The van der Waals surface area contributed by atoms with Crippen LogP contribution in [-0.4, -0.2) is 63.4 Å². The van der Waals surface area contributed by atoms with E-state index in [1.165, 1.54) is 6.07 Å². The average molecular weight is 603 g/mol. The lowest BCUT2D eigenvalue weighted by Gasteiger charge is -2.29. The van der Waals surface area contributed by atoms with Crippen LogP contribution in [0.1, 0.15) is 75.8 Å². The van der Waals surface area contributed by atoms with Crippen molar-refractivity contribution in [2.45, 2.75) is 89.3 Å². The van der Waals surface area contributed by atoms with Crippen LogP contribution in [0.2, 0.25) is 0 Å². The van der Waals surface area contributed by atoms with E-state index >= 15 is 4.39 Å². The maximum absolute atomic E-state index is 15.4. The van der Waals surface area contributed by atoms with Crippen molar-refractivity contribution in [1.29, 1.82) is 0 Å². The van der Waals surface area contributed by atoms with Crippen LogP contribution < -0.4 is 10.1 Å². The number of carboxylic acid groups (broad SMARTS) is 1. The van der Waals surface area contributed by atoms with Crippen molar-refractivity contribution in [2.24, 2.45) is 12.5 Å². The molecule has 0 unspecified atom stereocenters. The fourth-order valence-corrected chi connectivity index (χ4v) is 7.42. The lowest BCUT2D eigenvalue weighted by molar-refractivity contribution is -0.136. The summed E-state index contributed by atoms with van der Waals surface area (Å²) in [7, 11) is 3.79. The van der Waals surface area contributed by atoms with Crippen LogP contribution >= 0.6 is 0 Å². The first-order valence-electron chi connectivity index (χ1n) is 15.8. The Morgan fingerprint density at radius 1 is 1.11 bits per heavy atom. The van der Waals surface area contributed by atoms with Crippen LogP contribution in [0.5, 0.6) is 5.75 Å². The molecular weight excluding hydrogens is 559 g/mol. The molecule has 0 radical (unpaired) electrons. The minimum atomic E-state index is -0.928. The number of halogens is 1. The standard InChI is InChI=1S/C35H43FN4O4/c1-35(2)18-29(39(3)20-35)34(43)37-24-12-13-25(17-24)44-30-14-11-22(33-23(16-31(41)42)19-40(4)38-33)15-27(30)26-9-6-10-28(36)32(26)21-7-5-8-21/h6,9-11,14-15,19,21,24-25,29H,5,7-8,12-13,16-18,20H2,1-4H3,(H,37,43)(H,41,42)/t24-,25-,29+/m1/s1. The van der Waals surface area contributed by atoms with E-state index < -0.39 is 5.97 Å². The summed E-state index contributed by atoms with van der Waals surface area (Å²) in [6, 6.07) is 10.9. The molecule has 2 saturated carbocycles. The lowest BCUT2D eigenvalue weighted by atomic mass is 9.76. The average Bonchev–Trinajstić information content (AvgIpc) is 3.60. The molecule has 1 amide bonds. The number of carbonyl (C=O) groups excluding carboxylic acids is 1. The van der Waals surface area contributed by atoms with Gasteiger partial charge >= 0.3 is 5.97 Å². The molecule has 2 aromatic carbocycles. The van der Waals surface area contributed by atoms with E-state index in [-0.39, 0.29) is 47.7 Å². The van der Waals surface area contributed by atoms with Gasteiger partial charge < -0.3 is 15.2 Å². The van der Waals surface area contributed by atoms with E-state index in [1.54, 1.807) is 24.0 Å². The topological polar surface area (TPSA) is 96.7 Å². The van der Waals surface area contributed by atoms with Gasteiger partial charge in [-0.3, -0.25) is 19.2 Å². The first-order valence-corrected chi connectivity index (χ1v) is 15.8. The Morgan fingerprint density at radius 2 is 1.91 bits per heavy atom. The van der Waals surface area contributed by atoms with E-state index in [4.69, 9.17) is 4.74 Å². The van der Waals surface area contributed by atoms with Gasteiger partial charge in [-0.05, 0) is 85.9 Å². The van der Waals surface area contributed by atoms with Crippen molar-refractivity contribution < 1.29 is 23.8 Å². The number of nitrogens with one attached hydrogen (secondary N) is 1. The first-order chi connectivity index (χ1) is 21.0. The van der Waals surface area contributed by atoms with E-state index in [2.05, 4.69) is 29.2 Å². The molecule has 2 heterocycles. The Morgan fingerprint density at radius 3 is 2.59 bits per heavy atom. The van der Waals surface area contributed by atoms with E-state index in [9.17, 15) is 14.7 Å². The summed E-state index contributed by atoms with van der Waals surface area (Å²) in [4.78, 5) is 26.9. The number of amides is 1. The summed E-state index contributed by atoms with van der Waals surface area (Å²) in [6.45, 7) is 5.31. The van der Waals surface area contributed by atoms with Crippen molar-refractivity contribution in [3.63, 3.8) is 0 Å². The Balaban J connectivity index is 1.28. The maximum Gasteiger partial charge on any atom is 0.307 e. The molecule has 1 saturated heterocycles. The van der Waals surface area contributed by atoms with Gasteiger partial charge in [0.1, 0.15) is 17.7 Å². The zero-order chi connectivity index (χ0) is 31.2. The quantitative estimate of drug-likeness (QED) is 0.315. The number of likely N-dealkylation sites (N-methyl/N-ethyl adjacent to an activating group) is 1. The largest absolute Gasteiger partial charge is 0.490 e. The SMILES string of the molecule is CN1CC(C)(C)C[C@H]1C(=O)N[C@@H]1CC[C@@H](Oc2ccc(-c3nn(C)cc3CC(=O)O)cc2-c2cccc(F)c2C2CCC2)C1. The first kappa shape index (κ1) is 30.3. The summed E-state index contributed by atoms with van der Waals surface area (Å²) >= 11 is 0. The van der Waals surface area contributed by atoms with Gasteiger partial charge in [-0.2, -0.15) is 5.10 Å². The summed E-state index contributed by atoms with van der Waals surface area (Å²) in [5.74, 6) is -0.236. The van der Waals surface area contributed by atoms with Crippen LogP contribution in [0.15, 0.2) is 42.6 Å². The molecule has 0 bridgehead atoms. The van der Waals surface area contributed by atoms with Gasteiger partial charge in [0.25, 0.3) is 0 Å². The number of rotatable bonds is 9. The molecular formula is C35H43FN4O4. The molecule has 3 aromatic rings. The number of aliphatic carboxylic acids is 1. The summed E-state index contributed by atoms with van der Waals surface area (Å²) in [5, 5.41) is 17.4. The minimum Gasteiger partial charge on any atom is -0.490 e.